The smallest absolute Gasteiger partial charge is 1.00 e. The number of rotatable bonds is 10. The zero-order valence-corrected chi connectivity index (χ0v) is 35.2. The van der Waals surface area contributed by atoms with Crippen molar-refractivity contribution < 1.29 is 78.1 Å². The van der Waals surface area contributed by atoms with Crippen LogP contribution in [0.2, 0.25) is 5.02 Å². The number of pyridine rings is 1. The van der Waals surface area contributed by atoms with Crippen molar-refractivity contribution in [2.24, 2.45) is 9.98 Å². The molecule has 1 heterocycles. The number of nitrogens with zero attached hydrogens (tertiary/aromatic N) is 3. The van der Waals surface area contributed by atoms with Crippen molar-refractivity contribution in [3.05, 3.63) is 86.2 Å². The average molecular weight is 823 g/mol. The minimum absolute atomic E-state index is 0. The summed E-state index contributed by atoms with van der Waals surface area (Å²) in [5.74, 6) is 2.38. The molecule has 0 saturated heterocycles. The molecule has 3 aromatic rings. The third kappa shape index (κ3) is 12.4. The fourth-order valence-electron chi connectivity index (χ4n) is 5.07. The van der Waals surface area contributed by atoms with Crippen LogP contribution in [0.3, 0.4) is 0 Å². The molecule has 2 aromatic carbocycles. The Morgan fingerprint density at radius 1 is 0.489 bits per heavy atom. The number of hydrogen-bond donors (Lipinski definition) is 0. The zero-order chi connectivity index (χ0) is 30.6. The summed E-state index contributed by atoms with van der Waals surface area (Å²) in [6.45, 7) is 26.9. The fourth-order valence-corrected chi connectivity index (χ4v) is 5.29. The maximum Gasteiger partial charge on any atom is 3.00 e. The quantitative estimate of drug-likeness (QED) is 0.291. The maximum atomic E-state index is 6.59. The van der Waals surface area contributed by atoms with E-state index in [0.717, 1.165) is 22.8 Å². The SMILES string of the molecule is CC(C)c1cc(C(C)C)c(N=Cc2cc(Cl)cc(C=Nc3c(C(C)C)cc(C(C)C)cc3C(C)C)n2)c(C(C)C)c1.[Cl-].[Cl-].[Cl-].[Nd+3]. The van der Waals surface area contributed by atoms with Gasteiger partial charge in [-0.05, 0) is 81.0 Å². The normalized spacial score (nSPS) is 11.5. The summed E-state index contributed by atoms with van der Waals surface area (Å²) in [7, 11) is 0. The predicted octanol–water partition coefficient (Wildman–Crippen LogP) is 2.99. The molecule has 3 rings (SSSR count). The molecule has 3 nitrogen and oxygen atoms in total. The molecule has 1 aromatic heterocycles. The van der Waals surface area contributed by atoms with Crippen LogP contribution in [-0.4, -0.2) is 17.4 Å². The van der Waals surface area contributed by atoms with Crippen LogP contribution in [0.25, 0.3) is 0 Å². The van der Waals surface area contributed by atoms with Gasteiger partial charge in [0.2, 0.25) is 0 Å². The Kier molecular flexibility index (Phi) is 21.4. The van der Waals surface area contributed by atoms with Gasteiger partial charge in [-0.3, -0.25) is 9.98 Å². The molecule has 245 valence electrons. The van der Waals surface area contributed by atoms with Gasteiger partial charge in [0, 0.05) is 5.02 Å². The van der Waals surface area contributed by atoms with E-state index in [0.29, 0.717) is 40.5 Å². The van der Waals surface area contributed by atoms with Crippen LogP contribution in [0.5, 0.6) is 0 Å². The van der Waals surface area contributed by atoms with E-state index < -0.39 is 0 Å². The van der Waals surface area contributed by atoms with Crippen LogP contribution in [0.4, 0.5) is 11.4 Å². The fraction of sp³-hybridized carbons (Fsp3) is 0.486. The van der Waals surface area contributed by atoms with Crippen LogP contribution in [-0.2, 0) is 0 Å². The van der Waals surface area contributed by atoms with Gasteiger partial charge >= 0.3 is 40.8 Å². The number of aliphatic imine (C=N–C) groups is 2. The van der Waals surface area contributed by atoms with E-state index in [1.54, 1.807) is 0 Å². The number of benzene rings is 2. The molecule has 1 radical (unpaired) electrons. The Balaban J connectivity index is 0. The molecule has 45 heavy (non-hydrogen) atoms. The second kappa shape index (κ2) is 20.7. The minimum atomic E-state index is 0. The predicted molar refractivity (Wildman–Crippen MR) is 181 cm³/mol. The largest absolute Gasteiger partial charge is 3.00 e. The van der Waals surface area contributed by atoms with E-state index >= 15 is 0 Å². The maximum absolute atomic E-state index is 6.59. The summed E-state index contributed by atoms with van der Waals surface area (Å²) in [6.07, 6.45) is 3.70. The topological polar surface area (TPSA) is 37.6 Å². The summed E-state index contributed by atoms with van der Waals surface area (Å²) >= 11 is 6.59. The molecule has 0 aliphatic carbocycles. The summed E-state index contributed by atoms with van der Waals surface area (Å²) in [5.41, 5.74) is 11.3. The molecule has 0 amide bonds. The van der Waals surface area contributed by atoms with E-state index in [1.165, 1.54) is 33.4 Å². The van der Waals surface area contributed by atoms with Crippen molar-refractivity contribution in [2.75, 3.05) is 0 Å². The molecule has 8 heteroatoms. The molecule has 0 aliphatic heterocycles. The second-order valence-corrected chi connectivity index (χ2v) is 13.6. The summed E-state index contributed by atoms with van der Waals surface area (Å²) < 4.78 is 0. The van der Waals surface area contributed by atoms with Gasteiger partial charge in [0.1, 0.15) is 0 Å². The second-order valence-electron chi connectivity index (χ2n) is 13.2. The molecule has 0 spiro atoms. The van der Waals surface area contributed by atoms with Gasteiger partial charge in [0.15, 0.2) is 0 Å². The zero-order valence-electron chi connectivity index (χ0n) is 28.9. The van der Waals surface area contributed by atoms with Gasteiger partial charge in [-0.15, -0.1) is 0 Å². The first kappa shape index (κ1) is 46.6. The Morgan fingerprint density at radius 3 is 0.978 bits per heavy atom. The average Bonchev–Trinajstić information content (AvgIpc) is 2.88. The molecule has 0 fully saturated rings. The molecule has 0 aliphatic rings. The van der Waals surface area contributed by atoms with Crippen molar-refractivity contribution in [3.8, 4) is 0 Å². The molecule has 0 atom stereocenters. The Labute approximate surface area is 330 Å². The van der Waals surface area contributed by atoms with Crippen molar-refractivity contribution in [3.63, 3.8) is 0 Å². The van der Waals surface area contributed by atoms with E-state index in [1.807, 2.05) is 24.6 Å². The third-order valence-electron chi connectivity index (χ3n) is 7.69. The first-order chi connectivity index (χ1) is 19.2. The third-order valence-corrected chi connectivity index (χ3v) is 7.90. The molecule has 0 N–H and O–H groups in total. The van der Waals surface area contributed by atoms with Crippen molar-refractivity contribution >= 4 is 35.4 Å². The van der Waals surface area contributed by atoms with E-state index in [4.69, 9.17) is 26.6 Å². The molecular formula is C37H50Cl4N3Nd. The molecule has 0 unspecified atom stereocenters. The molecular weight excluding hydrogens is 772 g/mol. The van der Waals surface area contributed by atoms with Gasteiger partial charge < -0.3 is 37.2 Å². The number of aromatic nitrogens is 1. The van der Waals surface area contributed by atoms with Gasteiger partial charge in [-0.2, -0.15) is 0 Å². The van der Waals surface area contributed by atoms with E-state index in [9.17, 15) is 0 Å². The standard InChI is InChI=1S/C37H50ClN3.3ClH.Nd/c1-21(2)27-13-32(23(5)6)36(33(14-27)24(7)8)39-19-30-17-29(38)18-31(41-30)20-40-37-34(25(9)10)15-28(22(3)4)16-35(37)26(11)12;;;;/h13-26H,1-12H3;3*1H;/q;;;;+3/p-3. The van der Waals surface area contributed by atoms with Gasteiger partial charge in [0.25, 0.3) is 0 Å². The Hall–Kier alpha value is -0.559. The van der Waals surface area contributed by atoms with Crippen LogP contribution >= 0.6 is 11.6 Å². The minimum Gasteiger partial charge on any atom is -1.00 e. The summed E-state index contributed by atoms with van der Waals surface area (Å²) in [5, 5.41) is 0.620. The van der Waals surface area contributed by atoms with Crippen LogP contribution in [0.1, 0.15) is 163 Å². The Morgan fingerprint density at radius 2 is 0.756 bits per heavy atom. The molecule has 0 bridgehead atoms. The summed E-state index contributed by atoms with van der Waals surface area (Å²) in [6, 6.07) is 13.0. The van der Waals surface area contributed by atoms with Crippen molar-refractivity contribution in [1.29, 1.82) is 0 Å². The first-order valence-corrected chi connectivity index (χ1v) is 15.7. The number of hydrogen-bond acceptors (Lipinski definition) is 3. The monoisotopic (exact) mass is 818 g/mol. The van der Waals surface area contributed by atoms with Crippen molar-refractivity contribution in [1.82, 2.24) is 4.98 Å². The Bertz CT molecular complexity index is 1270. The van der Waals surface area contributed by atoms with Crippen LogP contribution in [0, 0.1) is 40.8 Å². The molecule has 0 saturated carbocycles. The summed E-state index contributed by atoms with van der Waals surface area (Å²) in [4.78, 5) is 14.9. The van der Waals surface area contributed by atoms with E-state index in [2.05, 4.69) is 107 Å². The van der Waals surface area contributed by atoms with E-state index in [-0.39, 0.29) is 78.1 Å². The van der Waals surface area contributed by atoms with Gasteiger partial charge in [0.05, 0.1) is 35.2 Å². The first-order valence-electron chi connectivity index (χ1n) is 15.3. The number of halogens is 4. The van der Waals surface area contributed by atoms with Gasteiger partial charge in [-0.1, -0.05) is 119 Å². The van der Waals surface area contributed by atoms with Crippen molar-refractivity contribution in [2.45, 2.75) is 119 Å². The van der Waals surface area contributed by atoms with Crippen LogP contribution in [0.15, 0.2) is 46.4 Å². The van der Waals surface area contributed by atoms with Crippen LogP contribution < -0.4 is 37.2 Å². The van der Waals surface area contributed by atoms with Gasteiger partial charge in [-0.25, -0.2) is 4.98 Å².